The van der Waals surface area contributed by atoms with Crippen LogP contribution in [0.25, 0.3) is 0 Å². The molecule has 0 aromatic heterocycles. The summed E-state index contributed by atoms with van der Waals surface area (Å²) in [5.41, 5.74) is 0. The average molecular weight is 513 g/mol. The number of hydrogen-bond donors (Lipinski definition) is 0. The van der Waals surface area contributed by atoms with Crippen LogP contribution in [0.5, 0.6) is 0 Å². The van der Waals surface area contributed by atoms with Gasteiger partial charge in [0.05, 0.1) is 0 Å². The smallest absolute Gasteiger partial charge is 0.132 e. The van der Waals surface area contributed by atoms with Gasteiger partial charge in [-0.05, 0) is 57.8 Å². The highest BCUT2D eigenvalue weighted by Gasteiger charge is 2.01. The molecule has 0 radical (unpaired) electrons. The Morgan fingerprint density at radius 3 is 1.11 bits per heavy atom. The van der Waals surface area contributed by atoms with Gasteiger partial charge in [-0.15, -0.1) is 0 Å². The van der Waals surface area contributed by atoms with Gasteiger partial charge in [-0.25, -0.2) is 0 Å². The van der Waals surface area contributed by atoms with Crippen LogP contribution in [0.3, 0.4) is 0 Å². The van der Waals surface area contributed by atoms with E-state index in [1.165, 1.54) is 103 Å². The molecular weight excluding hydrogens is 448 g/mol. The van der Waals surface area contributed by atoms with Gasteiger partial charge in [0.1, 0.15) is 5.78 Å². The van der Waals surface area contributed by atoms with Gasteiger partial charge in [-0.1, -0.05) is 152 Å². The van der Waals surface area contributed by atoms with Gasteiger partial charge in [0.25, 0.3) is 0 Å². The topological polar surface area (TPSA) is 17.1 Å². The number of carbonyl (C=O) groups excluding carboxylic acids is 1. The molecule has 0 fully saturated rings. The summed E-state index contributed by atoms with van der Waals surface area (Å²) in [6.45, 7) is 4.54. The van der Waals surface area contributed by atoms with E-state index in [9.17, 15) is 4.79 Å². The van der Waals surface area contributed by atoms with Crippen molar-refractivity contribution in [2.24, 2.45) is 0 Å². The largest absolute Gasteiger partial charge is 0.300 e. The second kappa shape index (κ2) is 32.7. The van der Waals surface area contributed by atoms with Crippen molar-refractivity contribution in [2.45, 2.75) is 174 Å². The number of unbranched alkanes of at least 4 members (excludes halogenated alkanes) is 17. The lowest BCUT2D eigenvalue weighted by atomic mass is 10.0. The Morgan fingerprint density at radius 1 is 0.378 bits per heavy atom. The highest BCUT2D eigenvalue weighted by Crippen LogP contribution is 2.14. The minimum absolute atomic E-state index is 0.482. The molecule has 0 unspecified atom stereocenters. The van der Waals surface area contributed by atoms with Gasteiger partial charge in [0.15, 0.2) is 0 Å². The third-order valence-corrected chi connectivity index (χ3v) is 7.09. The number of carbonyl (C=O) groups is 1. The molecular formula is C36H64O. The molecule has 0 aromatic rings. The zero-order valence-electron chi connectivity index (χ0n) is 25.2. The lowest BCUT2D eigenvalue weighted by Gasteiger charge is -2.03. The molecule has 0 N–H and O–H groups in total. The lowest BCUT2D eigenvalue weighted by Crippen LogP contribution is -1.97. The maximum Gasteiger partial charge on any atom is 0.132 e. The summed E-state index contributed by atoms with van der Waals surface area (Å²) in [6.07, 6.45) is 49.1. The number of ketones is 1. The normalized spacial score (nSPS) is 12.3. The van der Waals surface area contributed by atoms with Gasteiger partial charge in [0, 0.05) is 12.8 Å². The first-order chi connectivity index (χ1) is 18.3. The maximum atomic E-state index is 12.1. The Labute approximate surface area is 233 Å². The third-order valence-electron chi connectivity index (χ3n) is 7.09. The van der Waals surface area contributed by atoms with Crippen molar-refractivity contribution in [1.29, 1.82) is 0 Å². The molecule has 0 aromatic carbocycles. The SMILES string of the molecule is CCCCC/C=C\C/C=C\C/C=C\C/C=C\CCCCC(=O)CCCCCCCCCCCCCCC. The molecule has 214 valence electrons. The summed E-state index contributed by atoms with van der Waals surface area (Å²) in [5, 5.41) is 0. The summed E-state index contributed by atoms with van der Waals surface area (Å²) in [6, 6.07) is 0. The zero-order chi connectivity index (χ0) is 26.9. The Morgan fingerprint density at radius 2 is 0.676 bits per heavy atom. The van der Waals surface area contributed by atoms with Crippen molar-refractivity contribution in [3.05, 3.63) is 48.6 Å². The summed E-state index contributed by atoms with van der Waals surface area (Å²) >= 11 is 0. The van der Waals surface area contributed by atoms with Crippen molar-refractivity contribution in [3.63, 3.8) is 0 Å². The van der Waals surface area contributed by atoms with Gasteiger partial charge in [0.2, 0.25) is 0 Å². The fourth-order valence-corrected chi connectivity index (χ4v) is 4.61. The number of allylic oxidation sites excluding steroid dienone is 8. The van der Waals surface area contributed by atoms with Gasteiger partial charge in [-0.2, -0.15) is 0 Å². The van der Waals surface area contributed by atoms with E-state index in [0.29, 0.717) is 5.78 Å². The monoisotopic (exact) mass is 512 g/mol. The fourth-order valence-electron chi connectivity index (χ4n) is 4.61. The average Bonchev–Trinajstić information content (AvgIpc) is 2.90. The second-order valence-corrected chi connectivity index (χ2v) is 10.9. The van der Waals surface area contributed by atoms with Gasteiger partial charge in [-0.3, -0.25) is 4.79 Å². The minimum Gasteiger partial charge on any atom is -0.300 e. The van der Waals surface area contributed by atoms with E-state index in [-0.39, 0.29) is 0 Å². The van der Waals surface area contributed by atoms with Crippen LogP contribution in [0.4, 0.5) is 0 Å². The predicted molar refractivity (Wildman–Crippen MR) is 168 cm³/mol. The van der Waals surface area contributed by atoms with Crippen LogP contribution in [0.2, 0.25) is 0 Å². The first-order valence-corrected chi connectivity index (χ1v) is 16.4. The molecule has 37 heavy (non-hydrogen) atoms. The van der Waals surface area contributed by atoms with Crippen molar-refractivity contribution in [1.82, 2.24) is 0 Å². The number of Topliss-reactive ketones (excluding diaryl/α,β-unsaturated/α-hetero) is 1. The Balaban J connectivity index is 3.36. The van der Waals surface area contributed by atoms with Crippen molar-refractivity contribution >= 4 is 5.78 Å². The van der Waals surface area contributed by atoms with E-state index >= 15 is 0 Å². The standard InChI is InChI=1S/C36H64O/c1-3-5-7-9-11-13-15-17-18-19-20-21-23-25-27-29-31-33-35-36(37)34-32-30-28-26-24-22-16-14-12-10-8-6-4-2/h11,13,17-18,20-21,25,27H,3-10,12,14-16,19,22-24,26,28-35H2,1-2H3/b13-11-,18-17-,21-20-,27-25-. The first kappa shape index (κ1) is 35.6. The molecule has 0 bridgehead atoms. The van der Waals surface area contributed by atoms with Crippen LogP contribution in [0.15, 0.2) is 48.6 Å². The van der Waals surface area contributed by atoms with Crippen molar-refractivity contribution in [3.8, 4) is 0 Å². The van der Waals surface area contributed by atoms with Crippen LogP contribution in [-0.2, 0) is 4.79 Å². The molecule has 1 nitrogen and oxygen atoms in total. The molecule has 0 aliphatic heterocycles. The van der Waals surface area contributed by atoms with Gasteiger partial charge >= 0.3 is 0 Å². The second-order valence-electron chi connectivity index (χ2n) is 10.9. The highest BCUT2D eigenvalue weighted by molar-refractivity contribution is 5.78. The summed E-state index contributed by atoms with van der Waals surface area (Å²) < 4.78 is 0. The fraction of sp³-hybridized carbons (Fsp3) is 0.750. The Hall–Kier alpha value is -1.37. The Kier molecular flexibility index (Phi) is 31.4. The summed E-state index contributed by atoms with van der Waals surface area (Å²) in [4.78, 5) is 12.1. The molecule has 0 aliphatic rings. The van der Waals surface area contributed by atoms with Crippen LogP contribution in [0, 0.1) is 0 Å². The van der Waals surface area contributed by atoms with Gasteiger partial charge < -0.3 is 0 Å². The molecule has 0 spiro atoms. The van der Waals surface area contributed by atoms with E-state index < -0.39 is 0 Å². The zero-order valence-corrected chi connectivity index (χ0v) is 25.2. The molecule has 0 saturated carbocycles. The maximum absolute atomic E-state index is 12.1. The lowest BCUT2D eigenvalue weighted by molar-refractivity contribution is -0.119. The van der Waals surface area contributed by atoms with Crippen LogP contribution >= 0.6 is 0 Å². The van der Waals surface area contributed by atoms with Crippen LogP contribution < -0.4 is 0 Å². The van der Waals surface area contributed by atoms with E-state index in [2.05, 4.69) is 62.5 Å². The predicted octanol–water partition coefficient (Wildman–Crippen LogP) is 12.6. The third kappa shape index (κ3) is 32.6. The summed E-state index contributed by atoms with van der Waals surface area (Å²) in [5.74, 6) is 0.482. The van der Waals surface area contributed by atoms with E-state index in [1.807, 2.05) is 0 Å². The first-order valence-electron chi connectivity index (χ1n) is 16.4. The molecule has 0 amide bonds. The van der Waals surface area contributed by atoms with Crippen molar-refractivity contribution < 1.29 is 4.79 Å². The highest BCUT2D eigenvalue weighted by atomic mass is 16.1. The van der Waals surface area contributed by atoms with Crippen LogP contribution in [-0.4, -0.2) is 5.78 Å². The quantitative estimate of drug-likeness (QED) is 0.0719. The molecule has 0 atom stereocenters. The minimum atomic E-state index is 0.482. The van der Waals surface area contributed by atoms with E-state index in [0.717, 1.165) is 57.8 Å². The molecule has 0 rings (SSSR count). The number of hydrogen-bond acceptors (Lipinski definition) is 1. The molecule has 0 saturated heterocycles. The number of rotatable bonds is 29. The summed E-state index contributed by atoms with van der Waals surface area (Å²) in [7, 11) is 0. The van der Waals surface area contributed by atoms with Crippen molar-refractivity contribution in [2.75, 3.05) is 0 Å². The molecule has 1 heteroatoms. The Bertz CT molecular complexity index is 565. The molecule has 0 aliphatic carbocycles. The molecule has 0 heterocycles. The van der Waals surface area contributed by atoms with E-state index in [4.69, 9.17) is 0 Å². The van der Waals surface area contributed by atoms with Crippen LogP contribution in [0.1, 0.15) is 174 Å². The van der Waals surface area contributed by atoms with E-state index in [1.54, 1.807) is 0 Å².